The molecule has 3 N–H and O–H groups in total. The summed E-state index contributed by atoms with van der Waals surface area (Å²) in [5.41, 5.74) is 7.32. The first-order chi connectivity index (χ1) is 9.11. The molecule has 1 rings (SSSR count). The predicted molar refractivity (Wildman–Crippen MR) is 77.9 cm³/mol. The Bertz CT molecular complexity index is 374. The highest BCUT2D eigenvalue weighted by molar-refractivity contribution is 5.91. The van der Waals surface area contributed by atoms with Crippen molar-refractivity contribution in [3.63, 3.8) is 0 Å². The first-order valence-electron chi connectivity index (χ1n) is 6.78. The zero-order valence-corrected chi connectivity index (χ0v) is 11.8. The number of nitrogens with one attached hydrogen (secondary N) is 1. The van der Waals surface area contributed by atoms with E-state index in [2.05, 4.69) is 19.2 Å². The number of benzene rings is 1. The lowest BCUT2D eigenvalue weighted by Gasteiger charge is -2.07. The number of amides is 1. The summed E-state index contributed by atoms with van der Waals surface area (Å²) in [6.45, 7) is 5.61. The van der Waals surface area contributed by atoms with Crippen molar-refractivity contribution < 1.29 is 9.53 Å². The zero-order valence-electron chi connectivity index (χ0n) is 11.8. The van der Waals surface area contributed by atoms with Gasteiger partial charge in [-0.25, -0.2) is 0 Å². The van der Waals surface area contributed by atoms with E-state index in [-0.39, 0.29) is 12.5 Å². The predicted octanol–water partition coefficient (Wildman–Crippen LogP) is 2.54. The molecule has 1 aromatic carbocycles. The molecular weight excluding hydrogens is 240 g/mol. The SMILES string of the molecule is CC(C)CCCOCC(=O)Nc1ccc(CN)cc1. The minimum Gasteiger partial charge on any atom is -0.372 e. The molecule has 4 heteroatoms. The van der Waals surface area contributed by atoms with Gasteiger partial charge < -0.3 is 15.8 Å². The standard InChI is InChI=1S/C15H24N2O2/c1-12(2)4-3-9-19-11-15(18)17-14-7-5-13(10-16)6-8-14/h5-8,12H,3-4,9-11,16H2,1-2H3,(H,17,18). The lowest BCUT2D eigenvalue weighted by Crippen LogP contribution is -2.18. The molecule has 0 aliphatic rings. The molecule has 0 radical (unpaired) electrons. The third kappa shape index (κ3) is 6.94. The van der Waals surface area contributed by atoms with Gasteiger partial charge in [-0.05, 0) is 36.5 Å². The molecule has 4 nitrogen and oxygen atoms in total. The third-order valence-electron chi connectivity index (χ3n) is 2.78. The van der Waals surface area contributed by atoms with Gasteiger partial charge in [0.2, 0.25) is 5.91 Å². The molecular formula is C15H24N2O2. The topological polar surface area (TPSA) is 64.3 Å². The highest BCUT2D eigenvalue weighted by Crippen LogP contribution is 2.09. The molecule has 0 saturated heterocycles. The van der Waals surface area contributed by atoms with Gasteiger partial charge in [-0.1, -0.05) is 26.0 Å². The van der Waals surface area contributed by atoms with Crippen LogP contribution in [0.5, 0.6) is 0 Å². The summed E-state index contributed by atoms with van der Waals surface area (Å²) in [4.78, 5) is 11.6. The molecule has 0 heterocycles. The maximum Gasteiger partial charge on any atom is 0.250 e. The second-order valence-corrected chi connectivity index (χ2v) is 5.04. The van der Waals surface area contributed by atoms with Gasteiger partial charge in [0.05, 0.1) is 0 Å². The minimum absolute atomic E-state index is 0.108. The monoisotopic (exact) mass is 264 g/mol. The van der Waals surface area contributed by atoms with E-state index in [1.54, 1.807) is 0 Å². The van der Waals surface area contributed by atoms with Crippen molar-refractivity contribution in [1.29, 1.82) is 0 Å². The highest BCUT2D eigenvalue weighted by atomic mass is 16.5. The van der Waals surface area contributed by atoms with Crippen molar-refractivity contribution in [2.24, 2.45) is 11.7 Å². The van der Waals surface area contributed by atoms with E-state index in [0.29, 0.717) is 19.1 Å². The van der Waals surface area contributed by atoms with Crippen LogP contribution in [0.25, 0.3) is 0 Å². The lowest BCUT2D eigenvalue weighted by molar-refractivity contribution is -0.120. The second-order valence-electron chi connectivity index (χ2n) is 5.04. The van der Waals surface area contributed by atoms with Gasteiger partial charge in [0.15, 0.2) is 0 Å². The van der Waals surface area contributed by atoms with Crippen LogP contribution in [0.1, 0.15) is 32.3 Å². The molecule has 0 bridgehead atoms. The Labute approximate surface area is 115 Å². The summed E-state index contributed by atoms with van der Waals surface area (Å²) < 4.78 is 5.33. The van der Waals surface area contributed by atoms with Gasteiger partial charge >= 0.3 is 0 Å². The van der Waals surface area contributed by atoms with E-state index < -0.39 is 0 Å². The molecule has 0 aliphatic carbocycles. The maximum atomic E-state index is 11.6. The van der Waals surface area contributed by atoms with Crippen molar-refractivity contribution >= 4 is 11.6 Å². The van der Waals surface area contributed by atoms with Gasteiger partial charge in [-0.2, -0.15) is 0 Å². The Morgan fingerprint density at radius 3 is 2.58 bits per heavy atom. The van der Waals surface area contributed by atoms with Gasteiger partial charge in [0.1, 0.15) is 6.61 Å². The van der Waals surface area contributed by atoms with Crippen LogP contribution in [0.4, 0.5) is 5.69 Å². The summed E-state index contributed by atoms with van der Waals surface area (Å²) >= 11 is 0. The molecule has 1 aromatic rings. The van der Waals surface area contributed by atoms with Crippen LogP contribution in [0.3, 0.4) is 0 Å². The van der Waals surface area contributed by atoms with Crippen molar-refractivity contribution in [2.45, 2.75) is 33.2 Å². The maximum absolute atomic E-state index is 11.6. The summed E-state index contributed by atoms with van der Waals surface area (Å²) in [5, 5.41) is 2.79. The Morgan fingerprint density at radius 2 is 2.00 bits per heavy atom. The smallest absolute Gasteiger partial charge is 0.250 e. The average Bonchev–Trinajstić information content (AvgIpc) is 2.39. The Morgan fingerprint density at radius 1 is 1.32 bits per heavy atom. The second kappa shape index (κ2) is 8.67. The normalized spacial score (nSPS) is 10.7. The zero-order chi connectivity index (χ0) is 14.1. The van der Waals surface area contributed by atoms with Crippen LogP contribution in [-0.2, 0) is 16.1 Å². The summed E-state index contributed by atoms with van der Waals surface area (Å²) in [6.07, 6.45) is 2.12. The third-order valence-corrected chi connectivity index (χ3v) is 2.78. The van der Waals surface area contributed by atoms with Crippen LogP contribution >= 0.6 is 0 Å². The number of carbonyl (C=O) groups excluding carboxylic acids is 1. The quantitative estimate of drug-likeness (QED) is 0.709. The summed E-state index contributed by atoms with van der Waals surface area (Å²) in [7, 11) is 0. The van der Waals surface area contributed by atoms with Crippen LogP contribution in [0.15, 0.2) is 24.3 Å². The molecule has 0 unspecified atom stereocenters. The Kier molecular flexibility index (Phi) is 7.15. The van der Waals surface area contributed by atoms with Gasteiger partial charge in [0.25, 0.3) is 0 Å². The Hall–Kier alpha value is -1.39. The molecule has 106 valence electrons. The molecule has 0 spiro atoms. The molecule has 0 aromatic heterocycles. The van der Waals surface area contributed by atoms with Gasteiger partial charge in [-0.15, -0.1) is 0 Å². The summed E-state index contributed by atoms with van der Waals surface area (Å²) in [5.74, 6) is 0.559. The first-order valence-corrected chi connectivity index (χ1v) is 6.78. The fraction of sp³-hybridized carbons (Fsp3) is 0.533. The molecule has 1 amide bonds. The van der Waals surface area contributed by atoms with Gasteiger partial charge in [0, 0.05) is 18.8 Å². The van der Waals surface area contributed by atoms with E-state index >= 15 is 0 Å². The number of ether oxygens (including phenoxy) is 1. The van der Waals surface area contributed by atoms with E-state index in [1.165, 1.54) is 0 Å². The van der Waals surface area contributed by atoms with Crippen LogP contribution < -0.4 is 11.1 Å². The van der Waals surface area contributed by atoms with E-state index in [0.717, 1.165) is 24.1 Å². The first kappa shape index (κ1) is 15.7. The fourth-order valence-electron chi connectivity index (χ4n) is 1.68. The highest BCUT2D eigenvalue weighted by Gasteiger charge is 2.02. The number of hydrogen-bond donors (Lipinski definition) is 2. The van der Waals surface area contributed by atoms with Crippen LogP contribution in [-0.4, -0.2) is 19.1 Å². The number of hydrogen-bond acceptors (Lipinski definition) is 3. The fourth-order valence-corrected chi connectivity index (χ4v) is 1.68. The number of anilines is 1. The van der Waals surface area contributed by atoms with Crippen molar-refractivity contribution in [3.8, 4) is 0 Å². The van der Waals surface area contributed by atoms with Crippen molar-refractivity contribution in [2.75, 3.05) is 18.5 Å². The van der Waals surface area contributed by atoms with E-state index in [9.17, 15) is 4.79 Å². The number of carbonyl (C=O) groups is 1. The van der Waals surface area contributed by atoms with Gasteiger partial charge in [-0.3, -0.25) is 4.79 Å². The van der Waals surface area contributed by atoms with Crippen molar-refractivity contribution in [3.05, 3.63) is 29.8 Å². The lowest BCUT2D eigenvalue weighted by atomic mass is 10.1. The molecule has 0 atom stereocenters. The molecule has 19 heavy (non-hydrogen) atoms. The van der Waals surface area contributed by atoms with E-state index in [1.807, 2.05) is 24.3 Å². The molecule has 0 saturated carbocycles. The molecule has 0 aliphatic heterocycles. The molecule has 0 fully saturated rings. The summed E-state index contributed by atoms with van der Waals surface area (Å²) in [6, 6.07) is 7.50. The Balaban J connectivity index is 2.19. The van der Waals surface area contributed by atoms with Crippen LogP contribution in [0.2, 0.25) is 0 Å². The average molecular weight is 264 g/mol. The van der Waals surface area contributed by atoms with Crippen molar-refractivity contribution in [1.82, 2.24) is 0 Å². The minimum atomic E-state index is -0.120. The largest absolute Gasteiger partial charge is 0.372 e. The number of rotatable bonds is 8. The van der Waals surface area contributed by atoms with E-state index in [4.69, 9.17) is 10.5 Å². The van der Waals surface area contributed by atoms with Crippen LogP contribution in [0, 0.1) is 5.92 Å². The number of nitrogens with two attached hydrogens (primary N) is 1.